The molecule has 5 nitrogen and oxygen atoms in total. The number of carbonyl (C=O) groups is 1. The van der Waals surface area contributed by atoms with E-state index in [1.165, 1.54) is 31.0 Å². The highest BCUT2D eigenvalue weighted by Crippen LogP contribution is 2.26. The maximum atomic E-state index is 10.7. The van der Waals surface area contributed by atoms with Gasteiger partial charge in [-0.15, -0.1) is 0 Å². The van der Waals surface area contributed by atoms with Crippen LogP contribution >= 0.6 is 11.8 Å². The predicted octanol–water partition coefficient (Wildman–Crippen LogP) is 2.27. The highest BCUT2D eigenvalue weighted by atomic mass is 32.2. The molecule has 0 bridgehead atoms. The third-order valence-corrected chi connectivity index (χ3v) is 4.51. The second-order valence-corrected chi connectivity index (χ2v) is 6.13. The third kappa shape index (κ3) is 3.05. The standard InChI is InChI=1S/C13H21N3O2S/c1-9-5-4-6-10(2)15(9)16-11(3)7-14-13(16)19-8-12(17)18/h7,9-10H,4-6,8H2,1-3H3,(H,17,18). The van der Waals surface area contributed by atoms with E-state index in [1.807, 2.05) is 13.1 Å². The first-order valence-corrected chi connectivity index (χ1v) is 7.66. The fraction of sp³-hybridized carbons (Fsp3) is 0.692. The van der Waals surface area contributed by atoms with E-state index < -0.39 is 5.97 Å². The summed E-state index contributed by atoms with van der Waals surface area (Å²) in [6.07, 6.45) is 5.42. The maximum Gasteiger partial charge on any atom is 0.313 e. The van der Waals surface area contributed by atoms with Crippen molar-refractivity contribution in [3.8, 4) is 0 Å². The SMILES string of the molecule is Cc1cnc(SCC(=O)O)n1N1C(C)CCCC1C. The third-order valence-electron chi connectivity index (χ3n) is 3.58. The second kappa shape index (κ2) is 5.86. The molecule has 1 aromatic rings. The van der Waals surface area contributed by atoms with Crippen LogP contribution in [0.3, 0.4) is 0 Å². The summed E-state index contributed by atoms with van der Waals surface area (Å²) < 4.78 is 2.10. The number of aliphatic carboxylic acids is 1. The molecular formula is C13H21N3O2S. The van der Waals surface area contributed by atoms with Gasteiger partial charge in [-0.3, -0.25) is 4.79 Å². The van der Waals surface area contributed by atoms with Gasteiger partial charge in [0.25, 0.3) is 0 Å². The molecule has 0 spiro atoms. The number of hydrogen-bond donors (Lipinski definition) is 1. The van der Waals surface area contributed by atoms with Gasteiger partial charge in [0, 0.05) is 12.1 Å². The van der Waals surface area contributed by atoms with Gasteiger partial charge >= 0.3 is 5.97 Å². The predicted molar refractivity (Wildman–Crippen MR) is 76.3 cm³/mol. The Morgan fingerprint density at radius 3 is 2.68 bits per heavy atom. The molecule has 2 atom stereocenters. The van der Waals surface area contributed by atoms with Crippen LogP contribution in [0.5, 0.6) is 0 Å². The lowest BCUT2D eigenvalue weighted by Gasteiger charge is -2.42. The quantitative estimate of drug-likeness (QED) is 0.859. The van der Waals surface area contributed by atoms with Gasteiger partial charge in [-0.25, -0.2) is 9.66 Å². The molecule has 0 amide bonds. The molecule has 2 rings (SSSR count). The molecule has 1 aromatic heterocycles. The minimum Gasteiger partial charge on any atom is -0.481 e. The summed E-state index contributed by atoms with van der Waals surface area (Å²) in [5, 5.41) is 11.9. The van der Waals surface area contributed by atoms with E-state index in [0.29, 0.717) is 12.1 Å². The van der Waals surface area contributed by atoms with Crippen molar-refractivity contribution in [3.05, 3.63) is 11.9 Å². The summed E-state index contributed by atoms with van der Waals surface area (Å²) in [4.78, 5) is 15.1. The Labute approximate surface area is 118 Å². The molecule has 19 heavy (non-hydrogen) atoms. The van der Waals surface area contributed by atoms with Crippen molar-refractivity contribution in [1.82, 2.24) is 9.66 Å². The smallest absolute Gasteiger partial charge is 0.313 e. The first-order chi connectivity index (χ1) is 9.00. The van der Waals surface area contributed by atoms with Crippen molar-refractivity contribution in [2.45, 2.75) is 57.3 Å². The van der Waals surface area contributed by atoms with Crippen LogP contribution in [-0.2, 0) is 4.79 Å². The minimum atomic E-state index is -0.808. The van der Waals surface area contributed by atoms with E-state index in [4.69, 9.17) is 5.11 Å². The highest BCUT2D eigenvalue weighted by Gasteiger charge is 2.28. The number of aromatic nitrogens is 2. The first-order valence-electron chi connectivity index (χ1n) is 6.68. The number of nitrogens with zero attached hydrogens (tertiary/aromatic N) is 3. The summed E-state index contributed by atoms with van der Waals surface area (Å²) in [6, 6.07) is 0.918. The van der Waals surface area contributed by atoms with Crippen LogP contribution in [0.25, 0.3) is 0 Å². The van der Waals surface area contributed by atoms with E-state index >= 15 is 0 Å². The van der Waals surface area contributed by atoms with Crippen molar-refractivity contribution in [3.63, 3.8) is 0 Å². The average molecular weight is 283 g/mol. The van der Waals surface area contributed by atoms with Crippen molar-refractivity contribution in [1.29, 1.82) is 0 Å². The van der Waals surface area contributed by atoms with Gasteiger partial charge in [0.15, 0.2) is 5.16 Å². The molecule has 6 heteroatoms. The fourth-order valence-corrected chi connectivity index (χ4v) is 3.46. The summed E-state index contributed by atoms with van der Waals surface area (Å²) in [7, 11) is 0. The summed E-state index contributed by atoms with van der Waals surface area (Å²) >= 11 is 1.28. The van der Waals surface area contributed by atoms with Gasteiger partial charge in [0.1, 0.15) is 0 Å². The van der Waals surface area contributed by atoms with Crippen molar-refractivity contribution < 1.29 is 9.90 Å². The topological polar surface area (TPSA) is 58.4 Å². The zero-order chi connectivity index (χ0) is 14.0. The molecule has 0 aliphatic carbocycles. The van der Waals surface area contributed by atoms with Gasteiger partial charge in [0.2, 0.25) is 0 Å². The molecule has 1 saturated heterocycles. The fourth-order valence-electron chi connectivity index (χ4n) is 2.72. The molecule has 0 saturated carbocycles. The normalized spacial score (nSPS) is 23.6. The molecule has 1 aliphatic rings. The first kappa shape index (κ1) is 14.2. The summed E-state index contributed by atoms with van der Waals surface area (Å²) in [5.41, 5.74) is 1.06. The van der Waals surface area contributed by atoms with E-state index in [9.17, 15) is 4.79 Å². The van der Waals surface area contributed by atoms with Crippen LogP contribution in [0.15, 0.2) is 11.4 Å². The Hall–Kier alpha value is -1.17. The molecule has 106 valence electrons. The average Bonchev–Trinajstić information content (AvgIpc) is 2.69. The number of thioether (sulfide) groups is 1. The molecule has 2 unspecified atom stereocenters. The van der Waals surface area contributed by atoms with Gasteiger partial charge < -0.3 is 10.1 Å². The number of imidazole rings is 1. The van der Waals surface area contributed by atoms with E-state index in [-0.39, 0.29) is 5.75 Å². The minimum absolute atomic E-state index is 0.0487. The molecule has 2 heterocycles. The monoisotopic (exact) mass is 283 g/mol. The Morgan fingerprint density at radius 1 is 1.47 bits per heavy atom. The number of aryl methyl sites for hydroxylation is 1. The van der Waals surface area contributed by atoms with Crippen LogP contribution in [0.4, 0.5) is 0 Å². The van der Waals surface area contributed by atoms with E-state index in [1.54, 1.807) is 0 Å². The van der Waals surface area contributed by atoms with Crippen molar-refractivity contribution in [2.24, 2.45) is 0 Å². The summed E-state index contributed by atoms with van der Waals surface area (Å²) in [6.45, 7) is 6.47. The lowest BCUT2D eigenvalue weighted by Crippen LogP contribution is -2.51. The van der Waals surface area contributed by atoms with Crippen molar-refractivity contribution in [2.75, 3.05) is 10.8 Å². The molecule has 1 fully saturated rings. The zero-order valence-corrected chi connectivity index (χ0v) is 12.5. The molecule has 0 aromatic carbocycles. The van der Waals surface area contributed by atoms with Crippen LogP contribution in [0.2, 0.25) is 0 Å². The number of rotatable bonds is 4. The summed E-state index contributed by atoms with van der Waals surface area (Å²) in [5.74, 6) is -0.760. The molecule has 1 N–H and O–H groups in total. The van der Waals surface area contributed by atoms with Crippen molar-refractivity contribution >= 4 is 17.7 Å². The van der Waals surface area contributed by atoms with Crippen LogP contribution in [-0.4, -0.2) is 38.6 Å². The number of carboxylic acid groups (broad SMARTS) is 1. The number of carboxylic acids is 1. The molecule has 1 aliphatic heterocycles. The molecule has 0 radical (unpaired) electrons. The lowest BCUT2D eigenvalue weighted by atomic mass is 10.00. The van der Waals surface area contributed by atoms with Crippen LogP contribution in [0, 0.1) is 6.92 Å². The van der Waals surface area contributed by atoms with Crippen LogP contribution in [0.1, 0.15) is 38.8 Å². The van der Waals surface area contributed by atoms with E-state index in [2.05, 4.69) is 28.5 Å². The maximum absolute atomic E-state index is 10.7. The Balaban J connectivity index is 2.26. The lowest BCUT2D eigenvalue weighted by molar-refractivity contribution is -0.133. The second-order valence-electron chi connectivity index (χ2n) is 5.19. The van der Waals surface area contributed by atoms with E-state index in [0.717, 1.165) is 10.9 Å². The zero-order valence-electron chi connectivity index (χ0n) is 11.7. The van der Waals surface area contributed by atoms with Gasteiger partial charge in [-0.1, -0.05) is 11.8 Å². The highest BCUT2D eigenvalue weighted by molar-refractivity contribution is 7.99. The Morgan fingerprint density at radius 2 is 2.11 bits per heavy atom. The van der Waals surface area contributed by atoms with Crippen LogP contribution < -0.4 is 5.01 Å². The van der Waals surface area contributed by atoms with Gasteiger partial charge in [-0.2, -0.15) is 0 Å². The Kier molecular flexibility index (Phi) is 4.39. The molecular weight excluding hydrogens is 262 g/mol. The number of piperidine rings is 1. The Bertz CT molecular complexity index is 451. The largest absolute Gasteiger partial charge is 0.481 e. The van der Waals surface area contributed by atoms with Gasteiger partial charge in [0.05, 0.1) is 17.6 Å². The number of hydrogen-bond acceptors (Lipinski definition) is 4. The van der Waals surface area contributed by atoms with Gasteiger partial charge in [-0.05, 0) is 40.0 Å².